The molecule has 0 atom stereocenters. The average Bonchev–Trinajstić information content (AvgIpc) is 2.57. The molecular weight excluding hydrogens is 404 g/mol. The van der Waals surface area contributed by atoms with Gasteiger partial charge >= 0.3 is 12.1 Å². The molecule has 0 saturated heterocycles. The lowest BCUT2D eigenvalue weighted by molar-refractivity contribution is 0.0237. The summed E-state index contributed by atoms with van der Waals surface area (Å²) in [6.07, 6.45) is 2.02. The van der Waals surface area contributed by atoms with Crippen molar-refractivity contribution >= 4 is 33.9 Å². The topological polar surface area (TPSA) is 85.8 Å². The van der Waals surface area contributed by atoms with Crippen molar-refractivity contribution < 1.29 is 23.9 Å². The molecule has 0 unspecified atom stereocenters. The first kappa shape index (κ1) is 22.1. The van der Waals surface area contributed by atoms with Crippen LogP contribution in [0.1, 0.15) is 61.4 Å². The molecule has 7 nitrogen and oxygen atoms in total. The van der Waals surface area contributed by atoms with Crippen LogP contribution in [0.5, 0.6) is 0 Å². The highest BCUT2D eigenvalue weighted by Gasteiger charge is 2.28. The number of carbonyl (C=O) groups is 3. The number of amides is 2. The van der Waals surface area contributed by atoms with Crippen molar-refractivity contribution in [3.8, 4) is 0 Å². The third-order valence-corrected chi connectivity index (χ3v) is 3.68. The standard InChI is InChI=1S/C18H25BrN2O5/c1-5-25-16(23)13-8-10-20-14(12-13)15(22)21(11-7-6-9-19)17(24)26-18(2,3)4/h8,10,12H,5-7,9,11H2,1-4H3. The second-order valence-corrected chi connectivity index (χ2v) is 7.28. The summed E-state index contributed by atoms with van der Waals surface area (Å²) in [6.45, 7) is 7.30. The van der Waals surface area contributed by atoms with Crippen molar-refractivity contribution in [1.29, 1.82) is 0 Å². The van der Waals surface area contributed by atoms with Gasteiger partial charge in [0.1, 0.15) is 11.3 Å². The van der Waals surface area contributed by atoms with E-state index in [-0.39, 0.29) is 24.4 Å². The van der Waals surface area contributed by atoms with Crippen LogP contribution < -0.4 is 0 Å². The Morgan fingerprint density at radius 1 is 1.23 bits per heavy atom. The van der Waals surface area contributed by atoms with Crippen LogP contribution in [-0.2, 0) is 9.47 Å². The van der Waals surface area contributed by atoms with E-state index in [2.05, 4.69) is 20.9 Å². The van der Waals surface area contributed by atoms with E-state index in [1.807, 2.05) is 0 Å². The molecule has 8 heteroatoms. The number of carbonyl (C=O) groups excluding carboxylic acids is 3. The fraction of sp³-hybridized carbons (Fsp3) is 0.556. The van der Waals surface area contributed by atoms with Gasteiger partial charge in [-0.1, -0.05) is 15.9 Å². The molecule has 0 aliphatic carbocycles. The Morgan fingerprint density at radius 3 is 2.50 bits per heavy atom. The lowest BCUT2D eigenvalue weighted by Gasteiger charge is -2.26. The Hall–Kier alpha value is -1.96. The normalized spacial score (nSPS) is 11.0. The van der Waals surface area contributed by atoms with Gasteiger partial charge in [-0.25, -0.2) is 14.5 Å². The molecule has 0 fully saturated rings. The molecule has 2 amide bonds. The number of esters is 1. The predicted octanol–water partition coefficient (Wildman–Crippen LogP) is 3.81. The number of ether oxygens (including phenoxy) is 2. The van der Waals surface area contributed by atoms with Gasteiger partial charge in [-0.3, -0.25) is 9.78 Å². The summed E-state index contributed by atoms with van der Waals surface area (Å²) in [4.78, 5) is 42.1. The van der Waals surface area contributed by atoms with Crippen molar-refractivity contribution in [3.63, 3.8) is 0 Å². The molecule has 0 spiro atoms. The second-order valence-electron chi connectivity index (χ2n) is 6.48. The van der Waals surface area contributed by atoms with Crippen LogP contribution >= 0.6 is 15.9 Å². The zero-order valence-electron chi connectivity index (χ0n) is 15.6. The maximum atomic E-state index is 12.8. The lowest BCUT2D eigenvalue weighted by atomic mass is 10.2. The molecular formula is C18H25BrN2O5. The van der Waals surface area contributed by atoms with E-state index in [9.17, 15) is 14.4 Å². The Labute approximate surface area is 162 Å². The molecule has 0 aliphatic heterocycles. The number of halogens is 1. The molecule has 0 saturated carbocycles. The van der Waals surface area contributed by atoms with Crippen LogP contribution in [-0.4, -0.2) is 51.9 Å². The molecule has 1 aromatic rings. The zero-order valence-corrected chi connectivity index (χ0v) is 17.2. The van der Waals surface area contributed by atoms with Crippen LogP contribution in [0.2, 0.25) is 0 Å². The first-order valence-corrected chi connectivity index (χ1v) is 9.55. The van der Waals surface area contributed by atoms with Crippen LogP contribution in [0.3, 0.4) is 0 Å². The van der Waals surface area contributed by atoms with Gasteiger partial charge in [0, 0.05) is 18.1 Å². The van der Waals surface area contributed by atoms with Gasteiger partial charge in [0.15, 0.2) is 0 Å². The van der Waals surface area contributed by atoms with Gasteiger partial charge in [-0.2, -0.15) is 0 Å². The van der Waals surface area contributed by atoms with Gasteiger partial charge in [-0.05, 0) is 52.7 Å². The molecule has 1 rings (SSSR count). The van der Waals surface area contributed by atoms with E-state index in [1.165, 1.54) is 18.3 Å². The number of imide groups is 1. The Bertz CT molecular complexity index is 643. The maximum Gasteiger partial charge on any atom is 0.417 e. The minimum atomic E-state index is -0.736. The van der Waals surface area contributed by atoms with E-state index in [0.29, 0.717) is 6.42 Å². The molecule has 26 heavy (non-hydrogen) atoms. The van der Waals surface area contributed by atoms with E-state index in [4.69, 9.17) is 9.47 Å². The number of hydrogen-bond acceptors (Lipinski definition) is 6. The zero-order chi connectivity index (χ0) is 19.7. The number of aromatic nitrogens is 1. The molecule has 0 bridgehead atoms. The number of pyridine rings is 1. The van der Waals surface area contributed by atoms with E-state index in [1.54, 1.807) is 27.7 Å². The third-order valence-electron chi connectivity index (χ3n) is 3.11. The van der Waals surface area contributed by atoms with Crippen LogP contribution in [0.15, 0.2) is 18.3 Å². The molecule has 0 radical (unpaired) electrons. The highest BCUT2D eigenvalue weighted by Crippen LogP contribution is 2.14. The molecule has 1 heterocycles. The van der Waals surface area contributed by atoms with Gasteiger partial charge in [-0.15, -0.1) is 0 Å². The second kappa shape index (κ2) is 10.3. The molecule has 0 N–H and O–H groups in total. The fourth-order valence-electron chi connectivity index (χ4n) is 1.98. The average molecular weight is 429 g/mol. The summed E-state index contributed by atoms with van der Waals surface area (Å²) in [5, 5.41) is 0.764. The van der Waals surface area contributed by atoms with Crippen LogP contribution in [0.4, 0.5) is 4.79 Å². The van der Waals surface area contributed by atoms with E-state index >= 15 is 0 Å². The van der Waals surface area contributed by atoms with Crippen LogP contribution in [0.25, 0.3) is 0 Å². The lowest BCUT2D eigenvalue weighted by Crippen LogP contribution is -2.41. The van der Waals surface area contributed by atoms with Gasteiger partial charge in [0.05, 0.1) is 12.2 Å². The van der Waals surface area contributed by atoms with Gasteiger partial charge < -0.3 is 9.47 Å². The van der Waals surface area contributed by atoms with Crippen LogP contribution in [0, 0.1) is 0 Å². The van der Waals surface area contributed by atoms with Crippen molar-refractivity contribution in [1.82, 2.24) is 9.88 Å². The maximum absolute atomic E-state index is 12.8. The van der Waals surface area contributed by atoms with Crippen molar-refractivity contribution in [2.75, 3.05) is 18.5 Å². The first-order valence-electron chi connectivity index (χ1n) is 8.43. The molecule has 0 aliphatic rings. The SMILES string of the molecule is CCOC(=O)c1ccnc(C(=O)N(CCCCBr)C(=O)OC(C)(C)C)c1. The van der Waals surface area contributed by atoms with E-state index < -0.39 is 23.6 Å². The summed E-state index contributed by atoms with van der Waals surface area (Å²) >= 11 is 3.32. The van der Waals surface area contributed by atoms with Crippen molar-refractivity contribution in [2.24, 2.45) is 0 Å². The summed E-state index contributed by atoms with van der Waals surface area (Å²) in [6, 6.07) is 2.78. The summed E-state index contributed by atoms with van der Waals surface area (Å²) in [5.41, 5.74) is -0.541. The molecule has 144 valence electrons. The number of alkyl halides is 1. The largest absolute Gasteiger partial charge is 0.462 e. The summed E-state index contributed by atoms with van der Waals surface area (Å²) < 4.78 is 10.3. The monoisotopic (exact) mass is 428 g/mol. The smallest absolute Gasteiger partial charge is 0.417 e. The summed E-state index contributed by atoms with van der Waals surface area (Å²) in [7, 11) is 0. The van der Waals surface area contributed by atoms with Crippen molar-refractivity contribution in [3.05, 3.63) is 29.6 Å². The number of nitrogens with zero attached hydrogens (tertiary/aromatic N) is 2. The minimum Gasteiger partial charge on any atom is -0.462 e. The Kier molecular flexibility index (Phi) is 8.71. The quantitative estimate of drug-likeness (QED) is 0.372. The minimum absolute atomic E-state index is 0.0137. The number of rotatable bonds is 7. The fourth-order valence-corrected chi connectivity index (χ4v) is 2.38. The molecule has 1 aromatic heterocycles. The van der Waals surface area contributed by atoms with Gasteiger partial charge in [0.2, 0.25) is 0 Å². The predicted molar refractivity (Wildman–Crippen MR) is 100 cm³/mol. The first-order chi connectivity index (χ1) is 12.2. The van der Waals surface area contributed by atoms with Crippen molar-refractivity contribution in [2.45, 2.75) is 46.1 Å². The van der Waals surface area contributed by atoms with Gasteiger partial charge in [0.25, 0.3) is 5.91 Å². The summed E-state index contributed by atoms with van der Waals surface area (Å²) in [5.74, 6) is -1.16. The molecule has 0 aromatic carbocycles. The Balaban J connectivity index is 3.05. The third kappa shape index (κ3) is 7.11. The highest BCUT2D eigenvalue weighted by atomic mass is 79.9. The van der Waals surface area contributed by atoms with E-state index in [0.717, 1.165) is 16.7 Å². The highest BCUT2D eigenvalue weighted by molar-refractivity contribution is 9.09. The number of hydrogen-bond donors (Lipinski definition) is 0. The Morgan fingerprint density at radius 2 is 1.92 bits per heavy atom. The number of unbranched alkanes of at least 4 members (excludes halogenated alkanes) is 1.